The van der Waals surface area contributed by atoms with E-state index in [2.05, 4.69) is 4.98 Å². The Morgan fingerprint density at radius 3 is 2.73 bits per heavy atom. The van der Waals surface area contributed by atoms with E-state index in [9.17, 15) is 14.0 Å². The molecule has 4 rings (SSSR count). The Hall–Kier alpha value is -3.28. The second-order valence-electron chi connectivity index (χ2n) is 6.26. The first-order valence-electron chi connectivity index (χ1n) is 8.23. The van der Waals surface area contributed by atoms with E-state index in [0.29, 0.717) is 29.6 Å². The zero-order valence-corrected chi connectivity index (χ0v) is 13.7. The summed E-state index contributed by atoms with van der Waals surface area (Å²) in [7, 11) is 0. The van der Waals surface area contributed by atoms with E-state index in [-0.39, 0.29) is 5.82 Å². The largest absolute Gasteiger partial charge is 0.481 e. The number of carbonyl (C=O) groups excluding carboxylic acids is 1. The van der Waals surface area contributed by atoms with Gasteiger partial charge < -0.3 is 10.0 Å². The van der Waals surface area contributed by atoms with Crippen LogP contribution in [0, 0.1) is 11.7 Å². The molecule has 1 fully saturated rings. The number of carboxylic acid groups (broad SMARTS) is 1. The highest BCUT2D eigenvalue weighted by molar-refractivity contribution is 6.07. The van der Waals surface area contributed by atoms with Gasteiger partial charge in [-0.1, -0.05) is 24.3 Å². The number of carboxylic acids is 1. The molecule has 1 amide bonds. The minimum atomic E-state index is -1.09. The summed E-state index contributed by atoms with van der Waals surface area (Å²) in [5.74, 6) is -2.84. The SMILES string of the molecule is O=C(O)C1CCN(c2cccc(-c3cnc4c(F)cccc4c3)c2)C1=O. The first-order valence-corrected chi connectivity index (χ1v) is 8.23. The molecule has 1 atom stereocenters. The van der Waals surface area contributed by atoms with Crippen LogP contribution >= 0.6 is 0 Å². The summed E-state index contributed by atoms with van der Waals surface area (Å²) in [6.45, 7) is 0.375. The van der Waals surface area contributed by atoms with Gasteiger partial charge in [0.15, 0.2) is 0 Å². The number of hydrogen-bond donors (Lipinski definition) is 1. The maximum absolute atomic E-state index is 13.8. The van der Waals surface area contributed by atoms with Gasteiger partial charge in [0.25, 0.3) is 0 Å². The van der Waals surface area contributed by atoms with Crippen LogP contribution in [0.5, 0.6) is 0 Å². The highest BCUT2D eigenvalue weighted by Crippen LogP contribution is 2.30. The van der Waals surface area contributed by atoms with Crippen molar-refractivity contribution in [3.63, 3.8) is 0 Å². The fourth-order valence-electron chi connectivity index (χ4n) is 3.30. The van der Waals surface area contributed by atoms with Crippen LogP contribution in [0.15, 0.2) is 54.7 Å². The third kappa shape index (κ3) is 2.69. The molecule has 3 aromatic rings. The second-order valence-corrected chi connectivity index (χ2v) is 6.26. The van der Waals surface area contributed by atoms with Gasteiger partial charge in [-0.15, -0.1) is 0 Å². The topological polar surface area (TPSA) is 70.5 Å². The third-order valence-corrected chi connectivity index (χ3v) is 4.66. The number of fused-ring (bicyclic) bond motifs is 1. The summed E-state index contributed by atoms with van der Waals surface area (Å²) in [6.07, 6.45) is 1.89. The molecule has 0 bridgehead atoms. The highest BCUT2D eigenvalue weighted by Gasteiger charge is 2.37. The molecule has 0 aliphatic carbocycles. The molecular weight excluding hydrogens is 335 g/mol. The van der Waals surface area contributed by atoms with Gasteiger partial charge in [0.05, 0.1) is 0 Å². The van der Waals surface area contributed by atoms with Crippen LogP contribution in [0.4, 0.5) is 10.1 Å². The van der Waals surface area contributed by atoms with Crippen LogP contribution in [0.2, 0.25) is 0 Å². The zero-order valence-electron chi connectivity index (χ0n) is 13.7. The molecule has 1 aromatic heterocycles. The summed E-state index contributed by atoms with van der Waals surface area (Å²) in [5, 5.41) is 9.81. The van der Waals surface area contributed by atoms with Gasteiger partial charge in [0.2, 0.25) is 5.91 Å². The summed E-state index contributed by atoms with van der Waals surface area (Å²) in [5.41, 5.74) is 2.58. The van der Waals surface area contributed by atoms with Crippen molar-refractivity contribution in [2.75, 3.05) is 11.4 Å². The van der Waals surface area contributed by atoms with Gasteiger partial charge in [-0.25, -0.2) is 4.39 Å². The Labute approximate surface area is 148 Å². The van der Waals surface area contributed by atoms with Crippen molar-refractivity contribution in [2.24, 2.45) is 5.92 Å². The highest BCUT2D eigenvalue weighted by atomic mass is 19.1. The van der Waals surface area contributed by atoms with Gasteiger partial charge in [-0.3, -0.25) is 14.6 Å². The second kappa shape index (κ2) is 6.22. The number of nitrogens with zero attached hydrogens (tertiary/aromatic N) is 2. The molecule has 1 unspecified atom stereocenters. The number of aliphatic carboxylic acids is 1. The molecule has 2 aromatic carbocycles. The number of anilines is 1. The number of amides is 1. The van der Waals surface area contributed by atoms with Gasteiger partial charge >= 0.3 is 5.97 Å². The number of para-hydroxylation sites is 1. The molecule has 26 heavy (non-hydrogen) atoms. The molecule has 1 N–H and O–H groups in total. The van der Waals surface area contributed by atoms with Crippen LogP contribution in [-0.4, -0.2) is 28.5 Å². The molecule has 1 aliphatic heterocycles. The van der Waals surface area contributed by atoms with Crippen molar-refractivity contribution >= 4 is 28.5 Å². The Kier molecular flexibility index (Phi) is 3.88. The maximum atomic E-state index is 13.8. The van der Waals surface area contributed by atoms with Crippen LogP contribution in [-0.2, 0) is 9.59 Å². The monoisotopic (exact) mass is 350 g/mol. The molecule has 0 radical (unpaired) electrons. The molecule has 130 valence electrons. The summed E-state index contributed by atoms with van der Waals surface area (Å²) < 4.78 is 13.8. The normalized spacial score (nSPS) is 17.0. The van der Waals surface area contributed by atoms with E-state index in [4.69, 9.17) is 5.11 Å². The average Bonchev–Trinajstić information content (AvgIpc) is 3.03. The molecule has 2 heterocycles. The van der Waals surface area contributed by atoms with E-state index >= 15 is 0 Å². The van der Waals surface area contributed by atoms with Gasteiger partial charge in [-0.2, -0.15) is 0 Å². The summed E-state index contributed by atoms with van der Waals surface area (Å²) >= 11 is 0. The van der Waals surface area contributed by atoms with Gasteiger partial charge in [0.1, 0.15) is 17.3 Å². The predicted octanol–water partition coefficient (Wildman–Crippen LogP) is 3.48. The van der Waals surface area contributed by atoms with Crippen LogP contribution in [0.25, 0.3) is 22.0 Å². The van der Waals surface area contributed by atoms with Crippen molar-refractivity contribution in [1.29, 1.82) is 0 Å². The van der Waals surface area contributed by atoms with Crippen molar-refractivity contribution in [2.45, 2.75) is 6.42 Å². The number of rotatable bonds is 3. The quantitative estimate of drug-likeness (QED) is 0.734. The van der Waals surface area contributed by atoms with Gasteiger partial charge in [-0.05, 0) is 36.2 Å². The standard InChI is InChI=1S/C20H15FN2O3/c21-17-6-2-4-13-9-14(11-22-18(13)17)12-3-1-5-15(10-12)23-8-7-16(19(23)24)20(25)26/h1-6,9-11,16H,7-8H2,(H,25,26). The van der Waals surface area contributed by atoms with Crippen molar-refractivity contribution < 1.29 is 19.1 Å². The van der Waals surface area contributed by atoms with Crippen molar-refractivity contribution in [3.8, 4) is 11.1 Å². The fourth-order valence-corrected chi connectivity index (χ4v) is 3.30. The first kappa shape index (κ1) is 16.2. The lowest BCUT2D eigenvalue weighted by Crippen LogP contribution is -2.30. The number of pyridine rings is 1. The molecule has 1 saturated heterocycles. The smallest absolute Gasteiger partial charge is 0.316 e. The number of carbonyl (C=O) groups is 2. The molecule has 5 nitrogen and oxygen atoms in total. The van der Waals surface area contributed by atoms with E-state index in [1.54, 1.807) is 24.4 Å². The Balaban J connectivity index is 1.70. The maximum Gasteiger partial charge on any atom is 0.316 e. The van der Waals surface area contributed by atoms with E-state index < -0.39 is 17.8 Å². The molecule has 0 saturated carbocycles. The molecule has 1 aliphatic rings. The molecular formula is C20H15FN2O3. The number of aromatic nitrogens is 1. The van der Waals surface area contributed by atoms with Crippen molar-refractivity contribution in [1.82, 2.24) is 4.98 Å². The Bertz CT molecular complexity index is 1030. The minimum Gasteiger partial charge on any atom is -0.481 e. The van der Waals surface area contributed by atoms with Crippen LogP contribution in [0.3, 0.4) is 0 Å². The lowest BCUT2D eigenvalue weighted by molar-refractivity contribution is -0.144. The van der Waals surface area contributed by atoms with Gasteiger partial charge in [0, 0.05) is 29.4 Å². The first-order chi connectivity index (χ1) is 12.5. The third-order valence-electron chi connectivity index (χ3n) is 4.66. The van der Waals surface area contributed by atoms with E-state index in [1.807, 2.05) is 24.3 Å². The average molecular weight is 350 g/mol. The van der Waals surface area contributed by atoms with Crippen LogP contribution in [0.1, 0.15) is 6.42 Å². The fraction of sp³-hybridized carbons (Fsp3) is 0.150. The lowest BCUT2D eigenvalue weighted by atomic mass is 10.0. The van der Waals surface area contributed by atoms with Crippen molar-refractivity contribution in [3.05, 3.63) is 60.5 Å². The van der Waals surface area contributed by atoms with E-state index in [1.165, 1.54) is 11.0 Å². The lowest BCUT2D eigenvalue weighted by Gasteiger charge is -2.17. The Morgan fingerprint density at radius 2 is 1.96 bits per heavy atom. The summed E-state index contributed by atoms with van der Waals surface area (Å²) in [6, 6.07) is 13.9. The number of hydrogen-bond acceptors (Lipinski definition) is 3. The van der Waals surface area contributed by atoms with E-state index in [0.717, 1.165) is 11.1 Å². The summed E-state index contributed by atoms with van der Waals surface area (Å²) in [4.78, 5) is 29.1. The molecule has 6 heteroatoms. The number of benzene rings is 2. The molecule has 0 spiro atoms. The predicted molar refractivity (Wildman–Crippen MR) is 95.2 cm³/mol. The Morgan fingerprint density at radius 1 is 1.15 bits per heavy atom. The zero-order chi connectivity index (χ0) is 18.3. The number of halogens is 1. The van der Waals surface area contributed by atoms with Crippen LogP contribution < -0.4 is 4.90 Å². The minimum absolute atomic E-state index is 0.301.